The maximum Gasteiger partial charge on any atom is 0.126 e. The van der Waals surface area contributed by atoms with Gasteiger partial charge in [0.2, 0.25) is 0 Å². The Bertz CT molecular complexity index is 533. The molecule has 0 aliphatic heterocycles. The van der Waals surface area contributed by atoms with Gasteiger partial charge in [0.05, 0.1) is 6.10 Å². The van der Waals surface area contributed by atoms with Crippen LogP contribution >= 0.6 is 0 Å². The fourth-order valence-corrected chi connectivity index (χ4v) is 2.28. The molecule has 2 aromatic carbocycles. The van der Waals surface area contributed by atoms with E-state index in [1.54, 1.807) is 18.2 Å². The molecular formula is C18H21FO. The molecule has 0 amide bonds. The molecule has 1 nitrogen and oxygen atoms in total. The molecule has 1 unspecified atom stereocenters. The summed E-state index contributed by atoms with van der Waals surface area (Å²) < 4.78 is 13.6. The molecule has 1 atom stereocenters. The van der Waals surface area contributed by atoms with Crippen LogP contribution in [0.1, 0.15) is 42.6 Å². The Hall–Kier alpha value is -1.67. The summed E-state index contributed by atoms with van der Waals surface area (Å²) in [7, 11) is 0. The van der Waals surface area contributed by atoms with Crippen LogP contribution in [0.5, 0.6) is 0 Å². The smallest absolute Gasteiger partial charge is 0.126 e. The van der Waals surface area contributed by atoms with E-state index in [2.05, 4.69) is 19.1 Å². The number of rotatable bonds is 6. The van der Waals surface area contributed by atoms with Crippen molar-refractivity contribution < 1.29 is 9.50 Å². The molecule has 2 heteroatoms. The highest BCUT2D eigenvalue weighted by molar-refractivity contribution is 5.26. The Morgan fingerprint density at radius 1 is 1.05 bits per heavy atom. The largest absolute Gasteiger partial charge is 0.388 e. The summed E-state index contributed by atoms with van der Waals surface area (Å²) >= 11 is 0. The standard InChI is InChI=1S/C18H21FO/c1-2-3-6-14-9-11-15(12-10-14)18(20)13-16-7-4-5-8-17(16)19/h4-5,7-12,18,20H,2-3,6,13H2,1H3. The lowest BCUT2D eigenvalue weighted by atomic mass is 9.99. The predicted molar refractivity (Wildman–Crippen MR) is 80.1 cm³/mol. The van der Waals surface area contributed by atoms with E-state index in [-0.39, 0.29) is 5.82 Å². The average molecular weight is 272 g/mol. The van der Waals surface area contributed by atoms with Crippen LogP contribution in [0.25, 0.3) is 0 Å². The monoisotopic (exact) mass is 272 g/mol. The number of hydrogen-bond acceptors (Lipinski definition) is 1. The number of hydrogen-bond donors (Lipinski definition) is 1. The topological polar surface area (TPSA) is 20.2 Å². The third-order valence-electron chi connectivity index (χ3n) is 3.55. The van der Waals surface area contributed by atoms with Gasteiger partial charge in [-0.1, -0.05) is 55.8 Å². The van der Waals surface area contributed by atoms with Gasteiger partial charge in [-0.3, -0.25) is 0 Å². The zero-order valence-corrected chi connectivity index (χ0v) is 11.8. The molecule has 20 heavy (non-hydrogen) atoms. The van der Waals surface area contributed by atoms with Gasteiger partial charge in [0.25, 0.3) is 0 Å². The van der Waals surface area contributed by atoms with Crippen LogP contribution in [0, 0.1) is 5.82 Å². The highest BCUT2D eigenvalue weighted by atomic mass is 19.1. The Morgan fingerprint density at radius 2 is 1.75 bits per heavy atom. The first-order chi connectivity index (χ1) is 9.70. The summed E-state index contributed by atoms with van der Waals surface area (Å²) in [5, 5.41) is 10.2. The fraction of sp³-hybridized carbons (Fsp3) is 0.333. The molecule has 0 spiro atoms. The fourth-order valence-electron chi connectivity index (χ4n) is 2.28. The number of aryl methyl sites for hydroxylation is 1. The van der Waals surface area contributed by atoms with Crippen molar-refractivity contribution in [1.29, 1.82) is 0 Å². The maximum atomic E-state index is 13.6. The number of unbranched alkanes of at least 4 members (excludes halogenated alkanes) is 1. The summed E-state index contributed by atoms with van der Waals surface area (Å²) in [6.07, 6.45) is 3.07. The van der Waals surface area contributed by atoms with Gasteiger partial charge in [-0.05, 0) is 35.6 Å². The van der Waals surface area contributed by atoms with E-state index in [1.165, 1.54) is 24.5 Å². The summed E-state index contributed by atoms with van der Waals surface area (Å²) in [5.74, 6) is -0.258. The minimum Gasteiger partial charge on any atom is -0.388 e. The van der Waals surface area contributed by atoms with E-state index in [9.17, 15) is 9.50 Å². The van der Waals surface area contributed by atoms with Gasteiger partial charge in [-0.2, -0.15) is 0 Å². The second-order valence-corrected chi connectivity index (χ2v) is 5.16. The lowest BCUT2D eigenvalue weighted by Crippen LogP contribution is -2.03. The molecular weight excluding hydrogens is 251 g/mol. The number of aliphatic hydroxyl groups is 1. The normalized spacial score (nSPS) is 12.3. The zero-order chi connectivity index (χ0) is 14.4. The van der Waals surface area contributed by atoms with Crippen molar-refractivity contribution in [2.24, 2.45) is 0 Å². The lowest BCUT2D eigenvalue weighted by Gasteiger charge is -2.12. The van der Waals surface area contributed by atoms with Gasteiger partial charge in [0.1, 0.15) is 5.82 Å². The molecule has 2 rings (SSSR count). The van der Waals surface area contributed by atoms with E-state index in [0.717, 1.165) is 12.0 Å². The van der Waals surface area contributed by atoms with Crippen LogP contribution in [0.3, 0.4) is 0 Å². The first kappa shape index (κ1) is 14.7. The van der Waals surface area contributed by atoms with E-state index in [4.69, 9.17) is 0 Å². The number of halogens is 1. The molecule has 2 aromatic rings. The van der Waals surface area contributed by atoms with Crippen LogP contribution in [0.2, 0.25) is 0 Å². The van der Waals surface area contributed by atoms with Gasteiger partial charge < -0.3 is 5.11 Å². The SMILES string of the molecule is CCCCc1ccc(C(O)Cc2ccccc2F)cc1. The molecule has 0 fully saturated rings. The lowest BCUT2D eigenvalue weighted by molar-refractivity contribution is 0.177. The van der Waals surface area contributed by atoms with Crippen molar-refractivity contribution in [1.82, 2.24) is 0 Å². The van der Waals surface area contributed by atoms with E-state index < -0.39 is 6.10 Å². The molecule has 0 aliphatic carbocycles. The van der Waals surface area contributed by atoms with Crippen LogP contribution in [0.15, 0.2) is 48.5 Å². The van der Waals surface area contributed by atoms with Crippen LogP contribution < -0.4 is 0 Å². The molecule has 0 bridgehead atoms. The Morgan fingerprint density at radius 3 is 2.40 bits per heavy atom. The van der Waals surface area contributed by atoms with Crippen molar-refractivity contribution in [3.8, 4) is 0 Å². The van der Waals surface area contributed by atoms with Crippen LogP contribution in [-0.2, 0) is 12.8 Å². The van der Waals surface area contributed by atoms with Crippen molar-refractivity contribution >= 4 is 0 Å². The van der Waals surface area contributed by atoms with E-state index in [1.807, 2.05) is 12.1 Å². The maximum absolute atomic E-state index is 13.6. The van der Waals surface area contributed by atoms with Gasteiger partial charge in [-0.25, -0.2) is 4.39 Å². The minimum absolute atomic E-state index is 0.258. The predicted octanol–water partition coefficient (Wildman–Crippen LogP) is 4.44. The van der Waals surface area contributed by atoms with E-state index in [0.29, 0.717) is 12.0 Å². The van der Waals surface area contributed by atoms with Crippen molar-refractivity contribution in [2.75, 3.05) is 0 Å². The average Bonchev–Trinajstić information content (AvgIpc) is 2.48. The third kappa shape index (κ3) is 3.91. The van der Waals surface area contributed by atoms with Crippen molar-refractivity contribution in [3.05, 3.63) is 71.0 Å². The second-order valence-electron chi connectivity index (χ2n) is 5.16. The summed E-state index contributed by atoms with van der Waals surface area (Å²) in [4.78, 5) is 0. The number of benzene rings is 2. The molecule has 0 heterocycles. The number of aliphatic hydroxyl groups excluding tert-OH is 1. The van der Waals surface area contributed by atoms with E-state index >= 15 is 0 Å². The first-order valence-electron chi connectivity index (χ1n) is 7.21. The van der Waals surface area contributed by atoms with Crippen molar-refractivity contribution in [2.45, 2.75) is 38.7 Å². The molecule has 0 radical (unpaired) electrons. The van der Waals surface area contributed by atoms with Crippen LogP contribution in [0.4, 0.5) is 4.39 Å². The second kappa shape index (κ2) is 7.20. The molecule has 106 valence electrons. The molecule has 0 saturated heterocycles. The Labute approximate surface area is 120 Å². The molecule has 0 saturated carbocycles. The highest BCUT2D eigenvalue weighted by Crippen LogP contribution is 2.20. The summed E-state index contributed by atoms with van der Waals surface area (Å²) in [5.41, 5.74) is 2.68. The van der Waals surface area contributed by atoms with Gasteiger partial charge in [0.15, 0.2) is 0 Å². The minimum atomic E-state index is -0.660. The van der Waals surface area contributed by atoms with Gasteiger partial charge in [-0.15, -0.1) is 0 Å². The van der Waals surface area contributed by atoms with Gasteiger partial charge >= 0.3 is 0 Å². The molecule has 0 aliphatic rings. The summed E-state index contributed by atoms with van der Waals surface area (Å²) in [6.45, 7) is 2.17. The summed E-state index contributed by atoms with van der Waals surface area (Å²) in [6, 6.07) is 14.6. The van der Waals surface area contributed by atoms with Gasteiger partial charge in [0, 0.05) is 6.42 Å². The Balaban J connectivity index is 2.02. The first-order valence-corrected chi connectivity index (χ1v) is 7.21. The zero-order valence-electron chi connectivity index (χ0n) is 11.8. The van der Waals surface area contributed by atoms with Crippen LogP contribution in [-0.4, -0.2) is 5.11 Å². The molecule has 0 aromatic heterocycles. The quantitative estimate of drug-likeness (QED) is 0.824. The Kier molecular flexibility index (Phi) is 5.31. The molecule has 1 N–H and O–H groups in total. The third-order valence-corrected chi connectivity index (χ3v) is 3.55. The van der Waals surface area contributed by atoms with Crippen molar-refractivity contribution in [3.63, 3.8) is 0 Å². The highest BCUT2D eigenvalue weighted by Gasteiger charge is 2.11.